The van der Waals surface area contributed by atoms with E-state index in [1.165, 1.54) is 0 Å². The quantitative estimate of drug-likeness (QED) is 0.886. The lowest BCUT2D eigenvalue weighted by Gasteiger charge is -2.04. The van der Waals surface area contributed by atoms with Crippen molar-refractivity contribution in [3.05, 3.63) is 34.2 Å². The zero-order valence-electron chi connectivity index (χ0n) is 8.31. The standard InChI is InChI=1S/C11H10ClNO2S/c12-7-1-2-10-8(4-7)6(5-16-10)3-9(13)11(14)15/h1-2,4-5,9H,3,13H2,(H,14,15). The van der Waals surface area contributed by atoms with Gasteiger partial charge in [-0.25, -0.2) is 0 Å². The fraction of sp³-hybridized carbons (Fsp3) is 0.182. The van der Waals surface area contributed by atoms with Crippen LogP contribution >= 0.6 is 22.9 Å². The molecule has 0 radical (unpaired) electrons. The van der Waals surface area contributed by atoms with E-state index in [9.17, 15) is 4.79 Å². The van der Waals surface area contributed by atoms with E-state index < -0.39 is 12.0 Å². The lowest BCUT2D eigenvalue weighted by atomic mass is 10.1. The molecule has 0 saturated heterocycles. The molecule has 1 atom stereocenters. The molecule has 5 heteroatoms. The summed E-state index contributed by atoms with van der Waals surface area (Å²) in [6, 6.07) is 4.73. The van der Waals surface area contributed by atoms with E-state index >= 15 is 0 Å². The summed E-state index contributed by atoms with van der Waals surface area (Å²) < 4.78 is 1.09. The zero-order valence-corrected chi connectivity index (χ0v) is 9.89. The monoisotopic (exact) mass is 255 g/mol. The van der Waals surface area contributed by atoms with E-state index in [-0.39, 0.29) is 0 Å². The minimum Gasteiger partial charge on any atom is -0.480 e. The summed E-state index contributed by atoms with van der Waals surface area (Å²) in [4.78, 5) is 10.7. The van der Waals surface area contributed by atoms with Crippen molar-refractivity contribution in [3.8, 4) is 0 Å². The van der Waals surface area contributed by atoms with Crippen LogP contribution in [0.4, 0.5) is 0 Å². The molecule has 0 aliphatic rings. The number of hydrogen-bond acceptors (Lipinski definition) is 3. The van der Waals surface area contributed by atoms with Crippen molar-refractivity contribution in [1.82, 2.24) is 0 Å². The number of carboxylic acids is 1. The van der Waals surface area contributed by atoms with Gasteiger partial charge in [0.15, 0.2) is 0 Å². The normalized spacial score (nSPS) is 12.9. The van der Waals surface area contributed by atoms with E-state index in [0.29, 0.717) is 11.4 Å². The van der Waals surface area contributed by atoms with Crippen molar-refractivity contribution < 1.29 is 9.90 Å². The van der Waals surface area contributed by atoms with Crippen molar-refractivity contribution in [2.24, 2.45) is 5.73 Å². The third-order valence-electron chi connectivity index (χ3n) is 2.37. The molecule has 2 aromatic rings. The van der Waals surface area contributed by atoms with Crippen molar-refractivity contribution in [2.75, 3.05) is 0 Å². The Hall–Kier alpha value is -1.10. The maximum Gasteiger partial charge on any atom is 0.320 e. The first-order valence-corrected chi connectivity index (χ1v) is 5.97. The maximum absolute atomic E-state index is 10.7. The van der Waals surface area contributed by atoms with Crippen molar-refractivity contribution in [2.45, 2.75) is 12.5 Å². The fourth-order valence-electron chi connectivity index (χ4n) is 1.54. The topological polar surface area (TPSA) is 63.3 Å². The van der Waals surface area contributed by atoms with Gasteiger partial charge in [-0.05, 0) is 40.9 Å². The van der Waals surface area contributed by atoms with Crippen molar-refractivity contribution in [3.63, 3.8) is 0 Å². The number of fused-ring (bicyclic) bond motifs is 1. The van der Waals surface area contributed by atoms with Gasteiger partial charge in [-0.2, -0.15) is 0 Å². The Morgan fingerprint density at radius 1 is 1.56 bits per heavy atom. The minimum atomic E-state index is -0.985. The van der Waals surface area contributed by atoms with Crippen LogP contribution in [0.3, 0.4) is 0 Å². The van der Waals surface area contributed by atoms with Crippen LogP contribution in [-0.4, -0.2) is 17.1 Å². The summed E-state index contributed by atoms with van der Waals surface area (Å²) in [6.07, 6.45) is 0.329. The van der Waals surface area contributed by atoms with Crippen LogP contribution in [0.5, 0.6) is 0 Å². The molecular weight excluding hydrogens is 246 g/mol. The molecule has 0 fully saturated rings. The molecule has 1 unspecified atom stereocenters. The van der Waals surface area contributed by atoms with Crippen LogP contribution in [-0.2, 0) is 11.2 Å². The first-order chi connectivity index (χ1) is 7.58. The Bertz CT molecular complexity index is 538. The Morgan fingerprint density at radius 2 is 2.31 bits per heavy atom. The van der Waals surface area contributed by atoms with Crippen LogP contribution in [0, 0.1) is 0 Å². The second-order valence-electron chi connectivity index (χ2n) is 3.55. The average molecular weight is 256 g/mol. The van der Waals surface area contributed by atoms with Gasteiger partial charge in [0.05, 0.1) is 0 Å². The van der Waals surface area contributed by atoms with Gasteiger partial charge in [-0.3, -0.25) is 4.79 Å². The summed E-state index contributed by atoms with van der Waals surface area (Å²) in [6.45, 7) is 0. The molecule has 0 bridgehead atoms. The number of aliphatic carboxylic acids is 1. The minimum absolute atomic E-state index is 0.329. The van der Waals surface area contributed by atoms with Gasteiger partial charge < -0.3 is 10.8 Å². The Morgan fingerprint density at radius 3 is 3.00 bits per heavy atom. The summed E-state index contributed by atoms with van der Waals surface area (Å²) in [5.74, 6) is -0.985. The molecule has 0 aliphatic carbocycles. The van der Waals surface area contributed by atoms with Gasteiger partial charge in [0.1, 0.15) is 6.04 Å². The summed E-state index contributed by atoms with van der Waals surface area (Å²) in [7, 11) is 0. The van der Waals surface area contributed by atoms with Gasteiger partial charge in [-0.1, -0.05) is 11.6 Å². The Balaban J connectivity index is 2.37. The van der Waals surface area contributed by atoms with Crippen LogP contribution in [0.1, 0.15) is 5.56 Å². The first kappa shape index (κ1) is 11.4. The van der Waals surface area contributed by atoms with E-state index in [4.69, 9.17) is 22.4 Å². The molecule has 0 saturated carbocycles. The number of halogens is 1. The maximum atomic E-state index is 10.7. The van der Waals surface area contributed by atoms with Gasteiger partial charge >= 0.3 is 5.97 Å². The van der Waals surface area contributed by atoms with E-state index in [0.717, 1.165) is 15.6 Å². The molecule has 1 aromatic heterocycles. The van der Waals surface area contributed by atoms with Crippen molar-refractivity contribution in [1.29, 1.82) is 0 Å². The lowest BCUT2D eigenvalue weighted by Crippen LogP contribution is -2.32. The fourth-order valence-corrected chi connectivity index (χ4v) is 2.66. The largest absolute Gasteiger partial charge is 0.480 e. The van der Waals surface area contributed by atoms with Crippen LogP contribution in [0.25, 0.3) is 10.1 Å². The number of hydrogen-bond donors (Lipinski definition) is 2. The number of rotatable bonds is 3. The van der Waals surface area contributed by atoms with Gasteiger partial charge in [0, 0.05) is 9.72 Å². The predicted molar refractivity (Wildman–Crippen MR) is 66.2 cm³/mol. The summed E-state index contributed by atoms with van der Waals surface area (Å²) >= 11 is 7.47. The smallest absolute Gasteiger partial charge is 0.320 e. The highest BCUT2D eigenvalue weighted by atomic mass is 35.5. The van der Waals surface area contributed by atoms with E-state index in [2.05, 4.69) is 0 Å². The molecule has 0 spiro atoms. The lowest BCUT2D eigenvalue weighted by molar-refractivity contribution is -0.138. The number of carbonyl (C=O) groups is 1. The Kier molecular flexibility index (Phi) is 3.14. The third-order valence-corrected chi connectivity index (χ3v) is 3.62. The summed E-state index contributed by atoms with van der Waals surface area (Å²) in [5.41, 5.74) is 6.45. The number of benzene rings is 1. The molecule has 84 valence electrons. The molecule has 0 aliphatic heterocycles. The molecule has 3 N–H and O–H groups in total. The predicted octanol–water partition coefficient (Wildman–Crippen LogP) is 2.51. The molecule has 1 heterocycles. The van der Waals surface area contributed by atoms with Crippen LogP contribution in [0.2, 0.25) is 5.02 Å². The highest BCUT2D eigenvalue weighted by molar-refractivity contribution is 7.17. The zero-order chi connectivity index (χ0) is 11.7. The third kappa shape index (κ3) is 2.19. The van der Waals surface area contributed by atoms with Gasteiger partial charge in [0.25, 0.3) is 0 Å². The molecule has 1 aromatic carbocycles. The number of carboxylic acid groups (broad SMARTS) is 1. The number of nitrogens with two attached hydrogens (primary N) is 1. The van der Waals surface area contributed by atoms with E-state index in [1.54, 1.807) is 11.3 Å². The second kappa shape index (κ2) is 4.41. The average Bonchev–Trinajstić information content (AvgIpc) is 2.61. The SMILES string of the molecule is NC(Cc1csc2ccc(Cl)cc12)C(=O)O. The molecule has 16 heavy (non-hydrogen) atoms. The number of thiophene rings is 1. The van der Waals surface area contributed by atoms with Gasteiger partial charge in [-0.15, -0.1) is 11.3 Å². The first-order valence-electron chi connectivity index (χ1n) is 4.72. The van der Waals surface area contributed by atoms with Gasteiger partial charge in [0.2, 0.25) is 0 Å². The molecule has 3 nitrogen and oxygen atoms in total. The summed E-state index contributed by atoms with van der Waals surface area (Å²) in [5, 5.41) is 12.3. The van der Waals surface area contributed by atoms with Crippen LogP contribution in [0.15, 0.2) is 23.6 Å². The Labute approximate surface area is 101 Å². The second-order valence-corrected chi connectivity index (χ2v) is 4.90. The highest BCUT2D eigenvalue weighted by Gasteiger charge is 2.14. The van der Waals surface area contributed by atoms with Crippen LogP contribution < -0.4 is 5.73 Å². The molecular formula is C11H10ClNO2S. The molecule has 0 amide bonds. The molecule has 2 rings (SSSR count). The van der Waals surface area contributed by atoms with E-state index in [1.807, 2.05) is 23.6 Å². The van der Waals surface area contributed by atoms with Crippen molar-refractivity contribution >= 4 is 39.0 Å². The highest BCUT2D eigenvalue weighted by Crippen LogP contribution is 2.29.